The summed E-state index contributed by atoms with van der Waals surface area (Å²) in [6.07, 6.45) is 0.703. The predicted octanol–water partition coefficient (Wildman–Crippen LogP) is 2.08. The van der Waals surface area contributed by atoms with E-state index in [4.69, 9.17) is 5.73 Å². The fourth-order valence-electron chi connectivity index (χ4n) is 1.60. The summed E-state index contributed by atoms with van der Waals surface area (Å²) in [5.41, 5.74) is 7.05. The van der Waals surface area contributed by atoms with Gasteiger partial charge in [-0.1, -0.05) is 30.0 Å². The Morgan fingerprint density at radius 3 is 2.67 bits per heavy atom. The Morgan fingerprint density at radius 1 is 1.44 bits per heavy atom. The Hall–Kier alpha value is -0.570. The molecule has 0 bridgehead atoms. The molecule has 1 atom stereocenters. The van der Waals surface area contributed by atoms with Crippen molar-refractivity contribution in [3.63, 3.8) is 0 Å². The van der Waals surface area contributed by atoms with Gasteiger partial charge in [-0.05, 0) is 31.4 Å². The standard InChI is InChI=1S/C13H20NO2PS/c1-10(15)18-9-12(14)7-11-5-4-6-13(8-11)17(2,3)16/h4-6,8,12H,7,9,14H2,1-3H3. The molecule has 0 amide bonds. The van der Waals surface area contributed by atoms with Crippen LogP contribution in [-0.4, -0.2) is 30.2 Å². The van der Waals surface area contributed by atoms with E-state index in [-0.39, 0.29) is 11.2 Å². The van der Waals surface area contributed by atoms with Gasteiger partial charge in [-0.25, -0.2) is 0 Å². The fraction of sp³-hybridized carbons (Fsp3) is 0.462. The molecule has 0 aliphatic heterocycles. The van der Waals surface area contributed by atoms with E-state index < -0.39 is 7.14 Å². The summed E-state index contributed by atoms with van der Waals surface area (Å²) in [5.74, 6) is 0.621. The number of carbonyl (C=O) groups excluding carboxylic acids is 1. The van der Waals surface area contributed by atoms with Crippen molar-refractivity contribution >= 4 is 29.3 Å². The fourth-order valence-corrected chi connectivity index (χ4v) is 3.09. The maximum atomic E-state index is 12.0. The number of thioether (sulfide) groups is 1. The van der Waals surface area contributed by atoms with E-state index in [1.54, 1.807) is 20.3 Å². The first kappa shape index (κ1) is 15.5. The summed E-state index contributed by atoms with van der Waals surface area (Å²) in [7, 11) is -2.22. The maximum Gasteiger partial charge on any atom is 0.185 e. The Labute approximate surface area is 113 Å². The summed E-state index contributed by atoms with van der Waals surface area (Å²) < 4.78 is 12.0. The SMILES string of the molecule is CC(=O)SCC(N)Cc1cccc(P(C)(C)=O)c1. The van der Waals surface area contributed by atoms with Crippen molar-refractivity contribution in [2.75, 3.05) is 19.1 Å². The Balaban J connectivity index is 2.68. The van der Waals surface area contributed by atoms with E-state index in [1.807, 2.05) is 24.3 Å². The topological polar surface area (TPSA) is 60.2 Å². The quantitative estimate of drug-likeness (QED) is 0.842. The molecule has 0 aliphatic carbocycles. The molecule has 1 aromatic carbocycles. The smallest absolute Gasteiger partial charge is 0.185 e. The lowest BCUT2D eigenvalue weighted by Gasteiger charge is -2.13. The van der Waals surface area contributed by atoms with Gasteiger partial charge in [-0.2, -0.15) is 0 Å². The van der Waals surface area contributed by atoms with E-state index >= 15 is 0 Å². The van der Waals surface area contributed by atoms with E-state index in [0.717, 1.165) is 10.9 Å². The zero-order valence-electron chi connectivity index (χ0n) is 11.1. The van der Waals surface area contributed by atoms with Gasteiger partial charge < -0.3 is 10.3 Å². The number of hydrogen-bond donors (Lipinski definition) is 1. The van der Waals surface area contributed by atoms with Crippen molar-refractivity contribution in [1.82, 2.24) is 0 Å². The van der Waals surface area contributed by atoms with Crippen LogP contribution in [0.2, 0.25) is 0 Å². The first-order valence-corrected chi connectivity index (χ1v) is 9.41. The monoisotopic (exact) mass is 285 g/mol. The molecule has 1 rings (SSSR count). The zero-order chi connectivity index (χ0) is 13.8. The van der Waals surface area contributed by atoms with Gasteiger partial charge in [0.15, 0.2) is 5.12 Å². The van der Waals surface area contributed by atoms with Crippen LogP contribution in [0.25, 0.3) is 0 Å². The van der Waals surface area contributed by atoms with Crippen LogP contribution >= 0.6 is 18.9 Å². The molecule has 0 heterocycles. The Bertz CT molecular complexity index is 470. The summed E-state index contributed by atoms with van der Waals surface area (Å²) >= 11 is 1.25. The van der Waals surface area contributed by atoms with Crippen LogP contribution in [0.5, 0.6) is 0 Å². The molecule has 18 heavy (non-hydrogen) atoms. The van der Waals surface area contributed by atoms with Gasteiger partial charge in [0.1, 0.15) is 7.14 Å². The first-order chi connectivity index (χ1) is 8.29. The van der Waals surface area contributed by atoms with Gasteiger partial charge in [0.25, 0.3) is 0 Å². The van der Waals surface area contributed by atoms with Crippen molar-refractivity contribution in [2.45, 2.75) is 19.4 Å². The second-order valence-corrected chi connectivity index (χ2v) is 9.20. The van der Waals surface area contributed by atoms with Gasteiger partial charge in [0.2, 0.25) is 0 Å². The Morgan fingerprint density at radius 2 is 2.11 bits per heavy atom. The van der Waals surface area contributed by atoms with Crippen molar-refractivity contribution < 1.29 is 9.36 Å². The molecule has 3 nitrogen and oxygen atoms in total. The van der Waals surface area contributed by atoms with Crippen LogP contribution in [0.15, 0.2) is 24.3 Å². The summed E-state index contributed by atoms with van der Waals surface area (Å²) in [6.45, 7) is 5.07. The van der Waals surface area contributed by atoms with Crippen LogP contribution in [0.3, 0.4) is 0 Å². The highest BCUT2D eigenvalue weighted by Crippen LogP contribution is 2.34. The van der Waals surface area contributed by atoms with Crippen molar-refractivity contribution in [3.8, 4) is 0 Å². The average molecular weight is 285 g/mol. The summed E-state index contributed by atoms with van der Waals surface area (Å²) in [4.78, 5) is 10.9. The van der Waals surface area contributed by atoms with Crippen LogP contribution < -0.4 is 11.0 Å². The molecule has 2 N–H and O–H groups in total. The summed E-state index contributed by atoms with van der Waals surface area (Å²) in [5, 5.41) is 0.970. The second-order valence-electron chi connectivity index (χ2n) is 4.79. The molecule has 0 fully saturated rings. The molecule has 5 heteroatoms. The zero-order valence-corrected chi connectivity index (χ0v) is 12.8. The molecule has 0 saturated heterocycles. The normalized spacial score (nSPS) is 13.3. The molecular weight excluding hydrogens is 265 g/mol. The third-order valence-corrected chi connectivity index (χ3v) is 5.05. The molecule has 1 aromatic rings. The van der Waals surface area contributed by atoms with E-state index in [2.05, 4.69) is 0 Å². The highest BCUT2D eigenvalue weighted by atomic mass is 32.2. The first-order valence-electron chi connectivity index (χ1n) is 5.82. The third kappa shape index (κ3) is 5.38. The van der Waals surface area contributed by atoms with Crippen molar-refractivity contribution in [3.05, 3.63) is 29.8 Å². The van der Waals surface area contributed by atoms with Crippen molar-refractivity contribution in [2.24, 2.45) is 5.73 Å². The van der Waals surface area contributed by atoms with Crippen LogP contribution in [0.4, 0.5) is 0 Å². The lowest BCUT2D eigenvalue weighted by molar-refractivity contribution is -0.109. The number of benzene rings is 1. The van der Waals surface area contributed by atoms with Crippen LogP contribution in [0.1, 0.15) is 12.5 Å². The summed E-state index contributed by atoms with van der Waals surface area (Å²) in [6, 6.07) is 7.69. The lowest BCUT2D eigenvalue weighted by Crippen LogP contribution is -2.26. The lowest BCUT2D eigenvalue weighted by atomic mass is 10.1. The third-order valence-electron chi connectivity index (χ3n) is 2.53. The Kier molecular flexibility index (Phi) is 5.64. The molecule has 1 unspecified atom stereocenters. The van der Waals surface area contributed by atoms with E-state index in [0.29, 0.717) is 12.2 Å². The molecule has 0 aromatic heterocycles. The maximum absolute atomic E-state index is 12.0. The van der Waals surface area contributed by atoms with Crippen LogP contribution in [-0.2, 0) is 15.8 Å². The minimum atomic E-state index is -2.22. The molecule has 0 saturated carbocycles. The highest BCUT2D eigenvalue weighted by molar-refractivity contribution is 8.13. The van der Waals surface area contributed by atoms with Crippen LogP contribution in [0, 0.1) is 0 Å². The van der Waals surface area contributed by atoms with Gasteiger partial charge in [0.05, 0.1) is 0 Å². The largest absolute Gasteiger partial charge is 0.327 e. The van der Waals surface area contributed by atoms with Gasteiger partial charge in [-0.15, -0.1) is 0 Å². The minimum absolute atomic E-state index is 0.0535. The minimum Gasteiger partial charge on any atom is -0.327 e. The number of nitrogens with two attached hydrogens (primary N) is 1. The molecule has 0 spiro atoms. The van der Waals surface area contributed by atoms with Gasteiger partial charge >= 0.3 is 0 Å². The van der Waals surface area contributed by atoms with E-state index in [9.17, 15) is 9.36 Å². The molecular formula is C13H20NO2PS. The van der Waals surface area contributed by atoms with E-state index in [1.165, 1.54) is 11.8 Å². The molecule has 0 radical (unpaired) electrons. The van der Waals surface area contributed by atoms with Crippen molar-refractivity contribution in [1.29, 1.82) is 0 Å². The second kappa shape index (κ2) is 6.55. The average Bonchev–Trinajstić information content (AvgIpc) is 2.25. The molecule has 0 aliphatic rings. The number of rotatable bonds is 5. The van der Waals surface area contributed by atoms with Gasteiger partial charge in [0, 0.05) is 24.0 Å². The number of hydrogen-bond acceptors (Lipinski definition) is 4. The predicted molar refractivity (Wildman–Crippen MR) is 80.3 cm³/mol. The van der Waals surface area contributed by atoms with Gasteiger partial charge in [-0.3, -0.25) is 4.79 Å². The number of carbonyl (C=O) groups is 1. The molecule has 100 valence electrons. The highest BCUT2D eigenvalue weighted by Gasteiger charge is 2.12.